The molecule has 0 fully saturated rings. The molecule has 0 aliphatic rings. The first-order chi connectivity index (χ1) is 7.54. The fourth-order valence-corrected chi connectivity index (χ4v) is 1.16. The molecule has 0 bridgehead atoms. The second-order valence-electron chi connectivity index (χ2n) is 3.96. The fourth-order valence-electron chi connectivity index (χ4n) is 1.16. The van der Waals surface area contributed by atoms with Crippen LogP contribution in [0.25, 0.3) is 0 Å². The molecule has 0 saturated carbocycles. The lowest BCUT2D eigenvalue weighted by atomic mass is 10.1. The molecule has 1 aromatic rings. The third kappa shape index (κ3) is 2.69. The maximum atomic E-state index is 9.15. The summed E-state index contributed by atoms with van der Waals surface area (Å²) in [7, 11) is 0. The molecule has 1 heterocycles. The number of aromatic nitrogens is 1. The predicted octanol–water partition coefficient (Wildman–Crippen LogP) is 0.417. The maximum Gasteiger partial charge on any atom is 0.144 e. The van der Waals surface area contributed by atoms with Gasteiger partial charge >= 0.3 is 0 Å². The summed E-state index contributed by atoms with van der Waals surface area (Å²) in [6.07, 6.45) is 0. The second-order valence-corrected chi connectivity index (χ2v) is 3.96. The summed E-state index contributed by atoms with van der Waals surface area (Å²) in [4.78, 5) is 4.17. The number of nitrogens with zero attached hydrogens (tertiary/aromatic N) is 2. The van der Waals surface area contributed by atoms with Gasteiger partial charge in [-0.25, -0.2) is 4.98 Å². The van der Waals surface area contributed by atoms with E-state index in [4.69, 9.17) is 15.5 Å². The van der Waals surface area contributed by atoms with Crippen molar-refractivity contribution in [1.29, 1.82) is 5.26 Å². The van der Waals surface area contributed by atoms with Crippen molar-refractivity contribution in [3.8, 4) is 6.07 Å². The monoisotopic (exact) mass is 221 g/mol. The molecule has 0 atom stereocenters. The van der Waals surface area contributed by atoms with E-state index >= 15 is 0 Å². The summed E-state index contributed by atoms with van der Waals surface area (Å²) in [6.45, 7) is 2.97. The Hall–Kier alpha value is -1.64. The van der Waals surface area contributed by atoms with Crippen LogP contribution in [0.2, 0.25) is 0 Å². The van der Waals surface area contributed by atoms with Crippen molar-refractivity contribution in [1.82, 2.24) is 4.98 Å². The van der Waals surface area contributed by atoms with Gasteiger partial charge in [0.1, 0.15) is 11.9 Å². The van der Waals surface area contributed by atoms with Gasteiger partial charge in [0.05, 0.1) is 24.3 Å². The molecule has 1 aromatic heterocycles. The van der Waals surface area contributed by atoms with Crippen molar-refractivity contribution in [2.45, 2.75) is 19.4 Å². The average Bonchev–Trinajstić information content (AvgIpc) is 2.29. The Balaban J connectivity index is 3.05. The molecule has 5 heteroatoms. The molecule has 0 aliphatic heterocycles. The highest BCUT2D eigenvalue weighted by atomic mass is 16.3. The van der Waals surface area contributed by atoms with Gasteiger partial charge in [0, 0.05) is 5.69 Å². The lowest BCUT2D eigenvalue weighted by Gasteiger charge is -2.27. The third-order valence-electron chi connectivity index (χ3n) is 2.27. The van der Waals surface area contributed by atoms with Crippen LogP contribution in [0.1, 0.15) is 18.2 Å². The topological polar surface area (TPSA) is 89.2 Å². The average molecular weight is 221 g/mol. The summed E-state index contributed by atoms with van der Waals surface area (Å²) >= 11 is 0. The van der Waals surface area contributed by atoms with Gasteiger partial charge in [-0.05, 0) is 26.0 Å². The number of hydrogen-bond donors (Lipinski definition) is 3. The standard InChI is InChI=1S/C11H15N3O2/c1-8-3-4-9(5-12)10(13-8)14-11(2,6-15)7-16/h3-4,15-16H,6-7H2,1-2H3,(H,13,14). The Morgan fingerprint density at radius 3 is 2.56 bits per heavy atom. The molecule has 0 aromatic carbocycles. The van der Waals surface area contributed by atoms with Gasteiger partial charge < -0.3 is 15.5 Å². The van der Waals surface area contributed by atoms with Crippen LogP contribution >= 0.6 is 0 Å². The molecule has 1 rings (SSSR count). The molecule has 0 radical (unpaired) electrons. The Bertz CT molecular complexity index is 408. The summed E-state index contributed by atoms with van der Waals surface area (Å²) in [5, 5.41) is 30.1. The molecule has 5 nitrogen and oxygen atoms in total. The first kappa shape index (κ1) is 12.4. The van der Waals surface area contributed by atoms with Gasteiger partial charge in [0.15, 0.2) is 0 Å². The lowest BCUT2D eigenvalue weighted by molar-refractivity contribution is 0.147. The van der Waals surface area contributed by atoms with E-state index in [1.54, 1.807) is 19.1 Å². The number of rotatable bonds is 4. The molecule has 0 unspecified atom stereocenters. The number of pyridine rings is 1. The normalized spacial score (nSPS) is 10.9. The maximum absolute atomic E-state index is 9.15. The van der Waals surface area contributed by atoms with Crippen LogP contribution < -0.4 is 5.32 Å². The van der Waals surface area contributed by atoms with Crippen LogP contribution in [0, 0.1) is 18.3 Å². The van der Waals surface area contributed by atoms with E-state index in [9.17, 15) is 0 Å². The zero-order valence-electron chi connectivity index (χ0n) is 9.36. The van der Waals surface area contributed by atoms with Crippen LogP contribution in [0.3, 0.4) is 0 Å². The predicted molar refractivity (Wildman–Crippen MR) is 59.9 cm³/mol. The van der Waals surface area contributed by atoms with E-state index in [0.29, 0.717) is 11.4 Å². The van der Waals surface area contributed by atoms with Gasteiger partial charge in [-0.3, -0.25) is 0 Å². The summed E-state index contributed by atoms with van der Waals surface area (Å²) in [5.74, 6) is 0.383. The fraction of sp³-hybridized carbons (Fsp3) is 0.455. The van der Waals surface area contributed by atoms with Crippen molar-refractivity contribution in [3.05, 3.63) is 23.4 Å². The Kier molecular flexibility index (Phi) is 3.82. The van der Waals surface area contributed by atoms with Crippen molar-refractivity contribution in [2.24, 2.45) is 0 Å². The highest BCUT2D eigenvalue weighted by Crippen LogP contribution is 2.17. The Morgan fingerprint density at radius 2 is 2.06 bits per heavy atom. The number of nitriles is 1. The molecular weight excluding hydrogens is 206 g/mol. The molecule has 0 amide bonds. The molecular formula is C11H15N3O2. The van der Waals surface area contributed by atoms with E-state index < -0.39 is 5.54 Å². The highest BCUT2D eigenvalue weighted by molar-refractivity contribution is 5.53. The number of anilines is 1. The second kappa shape index (κ2) is 4.92. The van der Waals surface area contributed by atoms with Crippen molar-refractivity contribution < 1.29 is 10.2 Å². The number of aliphatic hydroxyl groups is 2. The largest absolute Gasteiger partial charge is 0.394 e. The minimum absolute atomic E-state index is 0.246. The Labute approximate surface area is 94.4 Å². The summed E-state index contributed by atoms with van der Waals surface area (Å²) in [6, 6.07) is 5.39. The zero-order chi connectivity index (χ0) is 12.2. The van der Waals surface area contributed by atoms with E-state index in [2.05, 4.69) is 10.3 Å². The lowest BCUT2D eigenvalue weighted by Crippen LogP contribution is -2.43. The van der Waals surface area contributed by atoms with Crippen LogP contribution in [-0.4, -0.2) is 33.9 Å². The number of hydrogen-bond acceptors (Lipinski definition) is 5. The van der Waals surface area contributed by atoms with Crippen LogP contribution in [-0.2, 0) is 0 Å². The summed E-state index contributed by atoms with van der Waals surface area (Å²) in [5.41, 5.74) is 0.269. The first-order valence-electron chi connectivity index (χ1n) is 4.92. The molecule has 3 N–H and O–H groups in total. The Morgan fingerprint density at radius 1 is 1.44 bits per heavy atom. The van der Waals surface area contributed by atoms with E-state index in [1.807, 2.05) is 13.0 Å². The number of nitrogens with one attached hydrogen (secondary N) is 1. The van der Waals surface area contributed by atoms with Crippen molar-refractivity contribution in [3.63, 3.8) is 0 Å². The van der Waals surface area contributed by atoms with E-state index in [0.717, 1.165) is 5.69 Å². The summed E-state index contributed by atoms with van der Waals surface area (Å²) < 4.78 is 0. The first-order valence-corrected chi connectivity index (χ1v) is 4.92. The molecule has 16 heavy (non-hydrogen) atoms. The van der Waals surface area contributed by atoms with E-state index in [1.165, 1.54) is 0 Å². The molecule has 0 saturated heterocycles. The third-order valence-corrected chi connectivity index (χ3v) is 2.27. The van der Waals surface area contributed by atoms with Crippen molar-refractivity contribution in [2.75, 3.05) is 18.5 Å². The highest BCUT2D eigenvalue weighted by Gasteiger charge is 2.23. The van der Waals surface area contributed by atoms with Gasteiger partial charge in [-0.1, -0.05) is 0 Å². The van der Waals surface area contributed by atoms with E-state index in [-0.39, 0.29) is 13.2 Å². The van der Waals surface area contributed by atoms with Gasteiger partial charge in [-0.15, -0.1) is 0 Å². The van der Waals surface area contributed by atoms with Crippen molar-refractivity contribution >= 4 is 5.82 Å². The SMILES string of the molecule is Cc1ccc(C#N)c(NC(C)(CO)CO)n1. The number of aryl methyl sites for hydroxylation is 1. The zero-order valence-corrected chi connectivity index (χ0v) is 9.36. The quantitative estimate of drug-likeness (QED) is 0.685. The van der Waals surface area contributed by atoms with Gasteiger partial charge in [-0.2, -0.15) is 5.26 Å². The van der Waals surface area contributed by atoms with Crippen LogP contribution in [0.4, 0.5) is 5.82 Å². The van der Waals surface area contributed by atoms with Gasteiger partial charge in [0.2, 0.25) is 0 Å². The minimum Gasteiger partial charge on any atom is -0.394 e. The number of aliphatic hydroxyl groups excluding tert-OH is 2. The van der Waals surface area contributed by atoms with Gasteiger partial charge in [0.25, 0.3) is 0 Å². The minimum atomic E-state index is -0.883. The molecule has 0 spiro atoms. The molecule has 0 aliphatic carbocycles. The smallest absolute Gasteiger partial charge is 0.144 e. The van der Waals surface area contributed by atoms with Crippen LogP contribution in [0.15, 0.2) is 12.1 Å². The van der Waals surface area contributed by atoms with Crippen LogP contribution in [0.5, 0.6) is 0 Å². The molecule has 86 valence electrons.